The Morgan fingerprint density at radius 1 is 1.18 bits per heavy atom. The smallest absolute Gasteiger partial charge is 0.328 e. The number of anilines is 1. The highest BCUT2D eigenvalue weighted by atomic mass is 35.5. The minimum absolute atomic E-state index is 0.220. The van der Waals surface area contributed by atoms with Crippen LogP contribution in [0.1, 0.15) is 17.5 Å². The maximum atomic E-state index is 12.8. The fourth-order valence-electron chi connectivity index (χ4n) is 4.33. The fraction of sp³-hybridized carbons (Fsp3) is 0.292. The first-order chi connectivity index (χ1) is 16.0. The average molecular weight is 483 g/mol. The van der Waals surface area contributed by atoms with Crippen molar-refractivity contribution in [1.29, 1.82) is 0 Å². The number of hydrogen-bond acceptors (Lipinski definition) is 5. The van der Waals surface area contributed by atoms with Crippen LogP contribution in [0.2, 0.25) is 10.0 Å². The maximum Gasteiger partial charge on any atom is 0.328 e. The number of halogens is 2. The Labute approximate surface area is 201 Å². The molecule has 7 nitrogen and oxygen atoms in total. The van der Waals surface area contributed by atoms with E-state index < -0.39 is 0 Å². The zero-order valence-corrected chi connectivity index (χ0v) is 19.7. The molecule has 1 aliphatic rings. The summed E-state index contributed by atoms with van der Waals surface area (Å²) in [6.45, 7) is 5.24. The van der Waals surface area contributed by atoms with Gasteiger partial charge in [-0.1, -0.05) is 53.5 Å². The van der Waals surface area contributed by atoms with E-state index in [0.29, 0.717) is 39.6 Å². The predicted octanol–water partition coefficient (Wildman–Crippen LogP) is 4.47. The summed E-state index contributed by atoms with van der Waals surface area (Å²) in [6.07, 6.45) is 2.79. The Morgan fingerprint density at radius 3 is 2.82 bits per heavy atom. The molecule has 2 aromatic heterocycles. The molecule has 4 aromatic rings. The highest BCUT2D eigenvalue weighted by molar-refractivity contribution is 6.43. The second-order valence-corrected chi connectivity index (χ2v) is 9.16. The Balaban J connectivity index is 1.47. The molecule has 0 aliphatic carbocycles. The molecule has 3 heterocycles. The summed E-state index contributed by atoms with van der Waals surface area (Å²) in [7, 11) is 0. The number of benzene rings is 2. The minimum atomic E-state index is -0.220. The number of H-pyrrole nitrogens is 1. The Hall–Kier alpha value is -2.87. The molecule has 5 rings (SSSR count). The third-order valence-electron chi connectivity index (χ3n) is 6.24. The Bertz CT molecular complexity index is 1370. The van der Waals surface area contributed by atoms with Gasteiger partial charge in [-0.15, -0.1) is 0 Å². The van der Waals surface area contributed by atoms with Crippen molar-refractivity contribution in [2.75, 3.05) is 25.0 Å². The summed E-state index contributed by atoms with van der Waals surface area (Å²) in [5.74, 6) is 1.08. The molecule has 0 spiro atoms. The highest BCUT2D eigenvalue weighted by Crippen LogP contribution is 2.36. The van der Waals surface area contributed by atoms with Crippen molar-refractivity contribution in [3.05, 3.63) is 74.3 Å². The molecule has 1 saturated heterocycles. The molecule has 0 radical (unpaired) electrons. The minimum Gasteiger partial charge on any atom is -0.354 e. The molecule has 9 heteroatoms. The number of hydrogen-bond donors (Lipinski definition) is 3. The molecule has 3 N–H and O–H groups in total. The van der Waals surface area contributed by atoms with Gasteiger partial charge in [-0.3, -0.25) is 4.57 Å². The van der Waals surface area contributed by atoms with Crippen LogP contribution in [0.5, 0.6) is 0 Å². The van der Waals surface area contributed by atoms with Crippen molar-refractivity contribution in [2.45, 2.75) is 19.9 Å². The van der Waals surface area contributed by atoms with Gasteiger partial charge in [0.25, 0.3) is 0 Å². The number of fused-ring (bicyclic) bond motifs is 1. The highest BCUT2D eigenvalue weighted by Gasteiger charge is 2.17. The van der Waals surface area contributed by atoms with E-state index in [1.54, 1.807) is 16.8 Å². The van der Waals surface area contributed by atoms with Crippen LogP contribution in [-0.4, -0.2) is 39.2 Å². The molecule has 0 bridgehead atoms. The lowest BCUT2D eigenvalue weighted by molar-refractivity contribution is 0.613. The second kappa shape index (κ2) is 9.17. The molecule has 1 atom stereocenters. The number of nitrogens with zero attached hydrogens (tertiary/aromatic N) is 3. The third kappa shape index (κ3) is 4.36. The summed E-state index contributed by atoms with van der Waals surface area (Å²) in [5.41, 5.74) is 4.84. The maximum absolute atomic E-state index is 12.8. The first-order valence-electron chi connectivity index (χ1n) is 10.9. The molecule has 1 fully saturated rings. The summed E-state index contributed by atoms with van der Waals surface area (Å²) in [6, 6.07) is 11.6. The SMILES string of the molecule is Cc1c(Cn2c(=O)[nH]c3cnc(NC[C@@H]4CCNC4)nc32)cccc1-c1cccc(Cl)c1Cl. The van der Waals surface area contributed by atoms with Crippen molar-refractivity contribution in [3.8, 4) is 11.1 Å². The van der Waals surface area contributed by atoms with Crippen LogP contribution in [0, 0.1) is 12.8 Å². The second-order valence-electron chi connectivity index (χ2n) is 8.38. The van der Waals surface area contributed by atoms with Crippen molar-refractivity contribution < 1.29 is 0 Å². The third-order valence-corrected chi connectivity index (χ3v) is 7.06. The van der Waals surface area contributed by atoms with Crippen molar-refractivity contribution in [3.63, 3.8) is 0 Å². The molecule has 0 unspecified atom stereocenters. The number of imidazole rings is 1. The van der Waals surface area contributed by atoms with Crippen LogP contribution < -0.4 is 16.3 Å². The predicted molar refractivity (Wildman–Crippen MR) is 133 cm³/mol. The van der Waals surface area contributed by atoms with Gasteiger partial charge in [-0.05, 0) is 55.1 Å². The van der Waals surface area contributed by atoms with Crippen LogP contribution >= 0.6 is 23.2 Å². The van der Waals surface area contributed by atoms with Crippen LogP contribution in [0.4, 0.5) is 5.95 Å². The van der Waals surface area contributed by atoms with Gasteiger partial charge in [-0.2, -0.15) is 4.98 Å². The molecular weight excluding hydrogens is 459 g/mol. The van der Waals surface area contributed by atoms with Crippen LogP contribution in [0.3, 0.4) is 0 Å². The van der Waals surface area contributed by atoms with E-state index in [2.05, 4.69) is 25.6 Å². The van der Waals surface area contributed by atoms with Gasteiger partial charge in [0.1, 0.15) is 5.52 Å². The molecular formula is C24H24Cl2N6O. The number of rotatable bonds is 6. The standard InChI is InChI=1S/C24H24Cl2N6O/c1-14-16(4-2-5-17(14)18-6-3-7-19(25)21(18)26)13-32-22-20(30-24(32)33)12-29-23(31-22)28-11-15-8-9-27-10-15/h2-7,12,15,27H,8-11,13H2,1H3,(H,30,33)(H,28,29,31)/t15-/m1/s1. The lowest BCUT2D eigenvalue weighted by atomic mass is 9.96. The lowest BCUT2D eigenvalue weighted by Crippen LogP contribution is -2.19. The lowest BCUT2D eigenvalue weighted by Gasteiger charge is -2.14. The monoisotopic (exact) mass is 482 g/mol. The van der Waals surface area contributed by atoms with Crippen LogP contribution in [-0.2, 0) is 6.54 Å². The van der Waals surface area contributed by atoms with Crippen molar-refractivity contribution in [2.24, 2.45) is 5.92 Å². The molecule has 1 aliphatic heterocycles. The Morgan fingerprint density at radius 2 is 2.00 bits per heavy atom. The normalized spacial score (nSPS) is 15.9. The zero-order chi connectivity index (χ0) is 22.9. The van der Waals surface area contributed by atoms with Crippen LogP contribution in [0.25, 0.3) is 22.3 Å². The van der Waals surface area contributed by atoms with E-state index in [1.165, 1.54) is 0 Å². The first-order valence-corrected chi connectivity index (χ1v) is 11.7. The molecule has 33 heavy (non-hydrogen) atoms. The Kier molecular flexibility index (Phi) is 6.10. The number of aromatic amines is 1. The van der Waals surface area contributed by atoms with Gasteiger partial charge in [0, 0.05) is 12.1 Å². The van der Waals surface area contributed by atoms with E-state index in [1.807, 2.05) is 37.3 Å². The van der Waals surface area contributed by atoms with E-state index in [9.17, 15) is 4.79 Å². The number of aromatic nitrogens is 4. The van der Waals surface area contributed by atoms with Crippen LogP contribution in [0.15, 0.2) is 47.4 Å². The number of nitrogens with one attached hydrogen (secondary N) is 3. The van der Waals surface area contributed by atoms with E-state index in [0.717, 1.165) is 48.3 Å². The molecule has 0 amide bonds. The van der Waals surface area contributed by atoms with Crippen molar-refractivity contribution >= 4 is 40.3 Å². The van der Waals surface area contributed by atoms with E-state index >= 15 is 0 Å². The van der Waals surface area contributed by atoms with Gasteiger partial charge in [-0.25, -0.2) is 9.78 Å². The van der Waals surface area contributed by atoms with Gasteiger partial charge in [0.05, 0.1) is 22.8 Å². The van der Waals surface area contributed by atoms with E-state index in [-0.39, 0.29) is 5.69 Å². The van der Waals surface area contributed by atoms with Gasteiger partial charge >= 0.3 is 5.69 Å². The first kappa shape index (κ1) is 21.9. The average Bonchev–Trinajstić information content (AvgIpc) is 3.44. The zero-order valence-electron chi connectivity index (χ0n) is 18.2. The largest absolute Gasteiger partial charge is 0.354 e. The summed E-state index contributed by atoms with van der Waals surface area (Å²) in [4.78, 5) is 24.6. The summed E-state index contributed by atoms with van der Waals surface area (Å²) >= 11 is 12.7. The van der Waals surface area contributed by atoms with Crippen molar-refractivity contribution in [1.82, 2.24) is 24.8 Å². The summed E-state index contributed by atoms with van der Waals surface area (Å²) < 4.78 is 1.64. The quantitative estimate of drug-likeness (QED) is 0.377. The van der Waals surface area contributed by atoms with E-state index in [4.69, 9.17) is 23.2 Å². The topological polar surface area (TPSA) is 87.6 Å². The molecule has 2 aromatic carbocycles. The van der Waals surface area contributed by atoms with Gasteiger partial charge in [0.15, 0.2) is 5.65 Å². The summed E-state index contributed by atoms with van der Waals surface area (Å²) in [5, 5.41) is 7.70. The molecule has 0 saturated carbocycles. The van der Waals surface area contributed by atoms with Gasteiger partial charge < -0.3 is 15.6 Å². The molecule has 170 valence electrons. The van der Waals surface area contributed by atoms with Gasteiger partial charge in [0.2, 0.25) is 5.95 Å². The fourth-order valence-corrected chi connectivity index (χ4v) is 4.73.